The zero-order chi connectivity index (χ0) is 12.1. The van der Waals surface area contributed by atoms with Crippen LogP contribution in [0.5, 0.6) is 0 Å². The first kappa shape index (κ1) is 13.9. The first-order chi connectivity index (χ1) is 6.79. The summed E-state index contributed by atoms with van der Waals surface area (Å²) in [5.41, 5.74) is 4.85. The van der Waals surface area contributed by atoms with E-state index in [1.807, 2.05) is 6.92 Å². The van der Waals surface area contributed by atoms with Gasteiger partial charge in [0.15, 0.2) is 0 Å². The minimum atomic E-state index is -0.872. The maximum Gasteiger partial charge on any atom is 0.303 e. The molecule has 5 heteroatoms. The molecule has 0 saturated carbocycles. The molecule has 88 valence electrons. The largest absolute Gasteiger partial charge is 0.481 e. The van der Waals surface area contributed by atoms with Gasteiger partial charge in [-0.2, -0.15) is 0 Å². The van der Waals surface area contributed by atoms with Crippen molar-refractivity contribution in [2.24, 2.45) is 11.7 Å². The van der Waals surface area contributed by atoms with E-state index in [0.29, 0.717) is 13.0 Å². The van der Waals surface area contributed by atoms with E-state index in [-0.39, 0.29) is 18.2 Å². The number of aliphatic carboxylic acids is 1. The summed E-state index contributed by atoms with van der Waals surface area (Å²) >= 11 is 0. The lowest BCUT2D eigenvalue weighted by molar-refractivity contribution is -0.138. The third-order valence-corrected chi connectivity index (χ3v) is 2.39. The van der Waals surface area contributed by atoms with E-state index in [2.05, 4.69) is 5.32 Å². The Morgan fingerprint density at radius 3 is 2.47 bits per heavy atom. The van der Waals surface area contributed by atoms with Crippen LogP contribution in [0.25, 0.3) is 0 Å². The monoisotopic (exact) mass is 216 g/mol. The van der Waals surface area contributed by atoms with Crippen molar-refractivity contribution in [1.82, 2.24) is 5.32 Å². The summed E-state index contributed by atoms with van der Waals surface area (Å²) in [6, 6.07) is 0. The third-order valence-electron chi connectivity index (χ3n) is 2.39. The van der Waals surface area contributed by atoms with Crippen LogP contribution < -0.4 is 11.1 Å². The Kier molecular flexibility index (Phi) is 5.28. The predicted molar refractivity (Wildman–Crippen MR) is 57.3 cm³/mol. The molecular formula is C10H20N2O3. The molecule has 15 heavy (non-hydrogen) atoms. The summed E-state index contributed by atoms with van der Waals surface area (Å²) < 4.78 is 0. The van der Waals surface area contributed by atoms with Crippen LogP contribution in [0.3, 0.4) is 0 Å². The van der Waals surface area contributed by atoms with E-state index in [1.54, 1.807) is 13.8 Å². The van der Waals surface area contributed by atoms with Gasteiger partial charge in [0.2, 0.25) is 5.91 Å². The highest BCUT2D eigenvalue weighted by Gasteiger charge is 2.25. The fourth-order valence-electron chi connectivity index (χ4n) is 1.000. The average Bonchev–Trinajstić information content (AvgIpc) is 2.13. The standard InChI is InChI=1S/C10H20N2O3/c1-4-10(3,11)9(15)12-6-7(2)5-8(13)14/h7H,4-6,11H2,1-3H3,(H,12,15)(H,13,14). The summed E-state index contributed by atoms with van der Waals surface area (Å²) in [4.78, 5) is 21.9. The number of hydrogen-bond acceptors (Lipinski definition) is 3. The summed E-state index contributed by atoms with van der Waals surface area (Å²) in [6.07, 6.45) is 0.597. The van der Waals surface area contributed by atoms with Crippen molar-refractivity contribution < 1.29 is 14.7 Å². The molecule has 4 N–H and O–H groups in total. The maximum absolute atomic E-state index is 11.5. The molecule has 0 heterocycles. The van der Waals surface area contributed by atoms with Gasteiger partial charge in [-0.1, -0.05) is 13.8 Å². The molecule has 0 aromatic rings. The smallest absolute Gasteiger partial charge is 0.303 e. The van der Waals surface area contributed by atoms with Crippen LogP contribution in [0.1, 0.15) is 33.6 Å². The first-order valence-electron chi connectivity index (χ1n) is 5.08. The summed E-state index contributed by atoms with van der Waals surface area (Å²) in [5, 5.41) is 11.2. The molecule has 0 aliphatic carbocycles. The number of carbonyl (C=O) groups excluding carboxylic acids is 1. The number of hydrogen-bond donors (Lipinski definition) is 3. The molecule has 0 bridgehead atoms. The summed E-state index contributed by atoms with van der Waals surface area (Å²) in [6.45, 7) is 5.61. The molecule has 0 aliphatic heterocycles. The molecule has 2 unspecified atom stereocenters. The molecule has 0 radical (unpaired) electrons. The van der Waals surface area contributed by atoms with Gasteiger partial charge in [0.05, 0.1) is 5.54 Å². The second-order valence-corrected chi connectivity index (χ2v) is 4.18. The van der Waals surface area contributed by atoms with E-state index in [4.69, 9.17) is 10.8 Å². The number of amides is 1. The van der Waals surface area contributed by atoms with Crippen LogP contribution in [0.2, 0.25) is 0 Å². The zero-order valence-corrected chi connectivity index (χ0v) is 9.54. The van der Waals surface area contributed by atoms with Gasteiger partial charge in [-0.15, -0.1) is 0 Å². The Morgan fingerprint density at radius 1 is 1.53 bits per heavy atom. The lowest BCUT2D eigenvalue weighted by Gasteiger charge is -2.22. The van der Waals surface area contributed by atoms with Gasteiger partial charge in [-0.3, -0.25) is 9.59 Å². The molecule has 0 aromatic carbocycles. The molecule has 0 rings (SSSR count). The second kappa shape index (κ2) is 5.70. The molecule has 0 aromatic heterocycles. The molecule has 0 fully saturated rings. The molecule has 1 amide bonds. The van der Waals surface area contributed by atoms with E-state index in [0.717, 1.165) is 0 Å². The lowest BCUT2D eigenvalue weighted by atomic mass is 9.99. The van der Waals surface area contributed by atoms with Crippen LogP contribution in [0.4, 0.5) is 0 Å². The van der Waals surface area contributed by atoms with E-state index < -0.39 is 11.5 Å². The van der Waals surface area contributed by atoms with Crippen LogP contribution in [0, 0.1) is 5.92 Å². The highest BCUT2D eigenvalue weighted by molar-refractivity contribution is 5.85. The van der Waals surface area contributed by atoms with Gasteiger partial charge in [0, 0.05) is 13.0 Å². The van der Waals surface area contributed by atoms with E-state index >= 15 is 0 Å². The highest BCUT2D eigenvalue weighted by Crippen LogP contribution is 2.05. The average molecular weight is 216 g/mol. The second-order valence-electron chi connectivity index (χ2n) is 4.18. The summed E-state index contributed by atoms with van der Waals surface area (Å²) in [5.74, 6) is -1.18. The topological polar surface area (TPSA) is 92.4 Å². The Bertz CT molecular complexity index is 239. The number of nitrogens with one attached hydrogen (secondary N) is 1. The van der Waals surface area contributed by atoms with Gasteiger partial charge >= 0.3 is 5.97 Å². The Hall–Kier alpha value is -1.10. The maximum atomic E-state index is 11.5. The van der Waals surface area contributed by atoms with Gasteiger partial charge in [0.25, 0.3) is 0 Å². The van der Waals surface area contributed by atoms with Crippen molar-refractivity contribution in [3.8, 4) is 0 Å². The summed E-state index contributed by atoms with van der Waals surface area (Å²) in [7, 11) is 0. The quantitative estimate of drug-likeness (QED) is 0.597. The number of carboxylic acids is 1. The number of rotatable bonds is 6. The van der Waals surface area contributed by atoms with Gasteiger partial charge in [0.1, 0.15) is 0 Å². The molecule has 0 saturated heterocycles. The van der Waals surface area contributed by atoms with Crippen molar-refractivity contribution in [3.05, 3.63) is 0 Å². The van der Waals surface area contributed by atoms with E-state index in [1.165, 1.54) is 0 Å². The highest BCUT2D eigenvalue weighted by atomic mass is 16.4. The predicted octanol–water partition coefficient (Wildman–Crippen LogP) is 0.341. The van der Waals surface area contributed by atoms with Gasteiger partial charge in [-0.25, -0.2) is 0 Å². The van der Waals surface area contributed by atoms with Crippen LogP contribution in [-0.4, -0.2) is 29.1 Å². The molecule has 0 aliphatic rings. The van der Waals surface area contributed by atoms with E-state index in [9.17, 15) is 9.59 Å². The number of carbonyl (C=O) groups is 2. The van der Waals surface area contributed by atoms with Crippen molar-refractivity contribution >= 4 is 11.9 Å². The number of carboxylic acid groups (broad SMARTS) is 1. The van der Waals surface area contributed by atoms with Crippen molar-refractivity contribution in [1.29, 1.82) is 0 Å². The number of nitrogens with two attached hydrogens (primary N) is 1. The van der Waals surface area contributed by atoms with Crippen molar-refractivity contribution in [2.45, 2.75) is 39.2 Å². The SMILES string of the molecule is CCC(C)(N)C(=O)NCC(C)CC(=O)O. The molecule has 2 atom stereocenters. The van der Waals surface area contributed by atoms with Gasteiger partial charge < -0.3 is 16.2 Å². The lowest BCUT2D eigenvalue weighted by Crippen LogP contribution is -2.51. The zero-order valence-electron chi connectivity index (χ0n) is 9.54. The minimum absolute atomic E-state index is 0.0493. The van der Waals surface area contributed by atoms with Crippen molar-refractivity contribution in [2.75, 3.05) is 6.54 Å². The van der Waals surface area contributed by atoms with Crippen LogP contribution in [-0.2, 0) is 9.59 Å². The normalized spacial score (nSPS) is 16.5. The van der Waals surface area contributed by atoms with Gasteiger partial charge in [-0.05, 0) is 19.3 Å². The third kappa shape index (κ3) is 5.37. The first-order valence-corrected chi connectivity index (χ1v) is 5.08. The Balaban J connectivity index is 3.95. The van der Waals surface area contributed by atoms with Crippen molar-refractivity contribution in [3.63, 3.8) is 0 Å². The Morgan fingerprint density at radius 2 is 2.07 bits per heavy atom. The van der Waals surface area contributed by atoms with Crippen LogP contribution >= 0.6 is 0 Å². The molecule has 5 nitrogen and oxygen atoms in total. The minimum Gasteiger partial charge on any atom is -0.481 e. The Labute approximate surface area is 90.0 Å². The fraction of sp³-hybridized carbons (Fsp3) is 0.800. The van der Waals surface area contributed by atoms with Crippen LogP contribution in [0.15, 0.2) is 0 Å². The molecule has 0 spiro atoms. The molecular weight excluding hydrogens is 196 g/mol. The fourth-order valence-corrected chi connectivity index (χ4v) is 1.000.